The highest BCUT2D eigenvalue weighted by Crippen LogP contribution is 2.30. The average Bonchev–Trinajstić information content (AvgIpc) is 2.60. The van der Waals surface area contributed by atoms with Gasteiger partial charge in [0.05, 0.1) is 0 Å². The molecule has 0 radical (unpaired) electrons. The summed E-state index contributed by atoms with van der Waals surface area (Å²) in [5.41, 5.74) is 0.786. The first-order valence-corrected chi connectivity index (χ1v) is 9.50. The molecular weight excluding hydrogens is 424 g/mol. The Morgan fingerprint density at radius 1 is 1.14 bits per heavy atom. The molecular formula is C21H23BrN2O4. The van der Waals surface area contributed by atoms with Crippen LogP contribution in [0.5, 0.6) is 0 Å². The number of halogens is 1. The van der Waals surface area contributed by atoms with Gasteiger partial charge in [-0.1, -0.05) is 65.0 Å². The van der Waals surface area contributed by atoms with Crippen molar-refractivity contribution in [2.75, 3.05) is 0 Å². The van der Waals surface area contributed by atoms with Gasteiger partial charge < -0.3 is 10.1 Å². The summed E-state index contributed by atoms with van der Waals surface area (Å²) in [4.78, 5) is 24.0. The van der Waals surface area contributed by atoms with Crippen molar-refractivity contribution in [1.29, 1.82) is 0 Å². The largest absolute Gasteiger partial charge is 0.444 e. The van der Waals surface area contributed by atoms with E-state index in [0.717, 1.165) is 4.47 Å². The normalized spacial score (nSPS) is 13.3. The molecule has 0 saturated heterocycles. The van der Waals surface area contributed by atoms with Crippen molar-refractivity contribution < 1.29 is 14.5 Å². The summed E-state index contributed by atoms with van der Waals surface area (Å²) in [7, 11) is 0. The number of carbonyl (C=O) groups excluding carboxylic acids is 1. The molecule has 0 aliphatic carbocycles. The highest BCUT2D eigenvalue weighted by atomic mass is 79.9. The minimum Gasteiger partial charge on any atom is -0.444 e. The van der Waals surface area contributed by atoms with Crippen molar-refractivity contribution >= 4 is 27.6 Å². The van der Waals surface area contributed by atoms with Crippen molar-refractivity contribution in [3.8, 4) is 0 Å². The van der Waals surface area contributed by atoms with Gasteiger partial charge in [-0.3, -0.25) is 10.1 Å². The molecule has 0 saturated carbocycles. The lowest BCUT2D eigenvalue weighted by Crippen LogP contribution is -2.42. The SMILES string of the molecule is C=C(c1ccccc1)[C@H]([C@@H](NC(=O)OC(C)(C)C)c1ccc(Br)cc1)[N+](=O)[O-]. The van der Waals surface area contributed by atoms with E-state index in [1.807, 2.05) is 6.07 Å². The molecule has 0 fully saturated rings. The number of nitrogens with one attached hydrogen (secondary N) is 1. The molecule has 0 spiro atoms. The zero-order valence-electron chi connectivity index (χ0n) is 16.0. The lowest BCUT2D eigenvalue weighted by atomic mass is 9.90. The summed E-state index contributed by atoms with van der Waals surface area (Å²) >= 11 is 3.35. The molecule has 1 N–H and O–H groups in total. The molecule has 0 aromatic heterocycles. The second-order valence-corrected chi connectivity index (χ2v) is 8.21. The van der Waals surface area contributed by atoms with E-state index in [0.29, 0.717) is 16.7 Å². The van der Waals surface area contributed by atoms with Crippen LogP contribution in [0.25, 0.3) is 5.57 Å². The van der Waals surface area contributed by atoms with Gasteiger partial charge in [0, 0.05) is 15.0 Å². The van der Waals surface area contributed by atoms with E-state index in [4.69, 9.17) is 4.74 Å². The molecule has 0 unspecified atom stereocenters. The van der Waals surface area contributed by atoms with E-state index in [-0.39, 0.29) is 0 Å². The Labute approximate surface area is 172 Å². The van der Waals surface area contributed by atoms with Crippen LogP contribution in [0.1, 0.15) is 37.9 Å². The second kappa shape index (κ2) is 9.01. The molecule has 148 valence electrons. The van der Waals surface area contributed by atoms with Crippen LogP contribution in [-0.4, -0.2) is 22.7 Å². The van der Waals surface area contributed by atoms with Crippen LogP contribution >= 0.6 is 15.9 Å². The van der Waals surface area contributed by atoms with Gasteiger partial charge in [-0.25, -0.2) is 4.79 Å². The quantitative estimate of drug-likeness (QED) is 0.477. The Hall–Kier alpha value is -2.67. The summed E-state index contributed by atoms with van der Waals surface area (Å²) in [6.45, 7) is 9.14. The lowest BCUT2D eigenvalue weighted by Gasteiger charge is -2.26. The van der Waals surface area contributed by atoms with E-state index in [1.54, 1.807) is 69.3 Å². The molecule has 2 atom stereocenters. The highest BCUT2D eigenvalue weighted by molar-refractivity contribution is 9.10. The number of hydrogen-bond acceptors (Lipinski definition) is 4. The first-order valence-electron chi connectivity index (χ1n) is 8.71. The van der Waals surface area contributed by atoms with Crippen molar-refractivity contribution in [1.82, 2.24) is 5.32 Å². The van der Waals surface area contributed by atoms with Crippen LogP contribution in [-0.2, 0) is 4.74 Å². The number of nitrogens with zero attached hydrogens (tertiary/aromatic N) is 1. The number of ether oxygens (including phenoxy) is 1. The van der Waals surface area contributed by atoms with Gasteiger partial charge in [0.2, 0.25) is 0 Å². The fourth-order valence-electron chi connectivity index (χ4n) is 2.72. The van der Waals surface area contributed by atoms with E-state index < -0.39 is 28.7 Å². The Morgan fingerprint density at radius 2 is 1.71 bits per heavy atom. The molecule has 2 aromatic carbocycles. The molecule has 2 rings (SSSR count). The molecule has 1 amide bonds. The van der Waals surface area contributed by atoms with Crippen molar-refractivity contribution in [3.63, 3.8) is 0 Å². The van der Waals surface area contributed by atoms with Crippen LogP contribution in [0, 0.1) is 10.1 Å². The zero-order valence-corrected chi connectivity index (χ0v) is 17.6. The smallest absolute Gasteiger partial charge is 0.408 e. The topological polar surface area (TPSA) is 81.5 Å². The molecule has 2 aromatic rings. The average molecular weight is 447 g/mol. The zero-order chi connectivity index (χ0) is 20.9. The Morgan fingerprint density at radius 3 is 2.21 bits per heavy atom. The molecule has 7 heteroatoms. The summed E-state index contributed by atoms with van der Waals surface area (Å²) in [6, 6.07) is 13.7. The van der Waals surface area contributed by atoms with Gasteiger partial charge in [-0.2, -0.15) is 0 Å². The minimum atomic E-state index is -1.27. The molecule has 0 aliphatic rings. The molecule has 6 nitrogen and oxygen atoms in total. The predicted molar refractivity (Wildman–Crippen MR) is 113 cm³/mol. The number of hydrogen-bond donors (Lipinski definition) is 1. The Balaban J connectivity index is 2.44. The first kappa shape index (κ1) is 21.6. The second-order valence-electron chi connectivity index (χ2n) is 7.30. The van der Waals surface area contributed by atoms with Gasteiger partial charge in [-0.15, -0.1) is 0 Å². The third-order valence-electron chi connectivity index (χ3n) is 3.95. The van der Waals surface area contributed by atoms with Gasteiger partial charge in [-0.05, 0) is 44.0 Å². The fraction of sp³-hybridized carbons (Fsp3) is 0.286. The molecule has 0 aliphatic heterocycles. The lowest BCUT2D eigenvalue weighted by molar-refractivity contribution is -0.510. The van der Waals surface area contributed by atoms with Crippen LogP contribution < -0.4 is 5.32 Å². The fourth-order valence-corrected chi connectivity index (χ4v) is 2.99. The number of nitro groups is 1. The van der Waals surface area contributed by atoms with Crippen molar-refractivity contribution in [3.05, 3.63) is 86.9 Å². The maximum Gasteiger partial charge on any atom is 0.408 e. The number of carbonyl (C=O) groups is 1. The number of alkyl carbamates (subject to hydrolysis) is 1. The van der Waals surface area contributed by atoms with Crippen LogP contribution in [0.4, 0.5) is 4.79 Å². The highest BCUT2D eigenvalue weighted by Gasteiger charge is 2.38. The number of rotatable bonds is 6. The molecule has 28 heavy (non-hydrogen) atoms. The van der Waals surface area contributed by atoms with E-state index >= 15 is 0 Å². The molecule has 0 bridgehead atoms. The van der Waals surface area contributed by atoms with E-state index in [1.165, 1.54) is 0 Å². The summed E-state index contributed by atoms with van der Waals surface area (Å²) < 4.78 is 6.14. The van der Waals surface area contributed by atoms with Crippen LogP contribution in [0.3, 0.4) is 0 Å². The van der Waals surface area contributed by atoms with Crippen molar-refractivity contribution in [2.24, 2.45) is 0 Å². The third-order valence-corrected chi connectivity index (χ3v) is 4.47. The Kier molecular flexibility index (Phi) is 6.96. The third kappa shape index (κ3) is 5.92. The number of benzene rings is 2. The maximum atomic E-state index is 12.4. The van der Waals surface area contributed by atoms with Crippen molar-refractivity contribution in [2.45, 2.75) is 38.5 Å². The maximum absolute atomic E-state index is 12.4. The van der Waals surface area contributed by atoms with Gasteiger partial charge in [0.25, 0.3) is 6.04 Å². The minimum absolute atomic E-state index is 0.301. The first-order chi connectivity index (χ1) is 13.1. The molecule has 0 heterocycles. The summed E-state index contributed by atoms with van der Waals surface area (Å²) in [5.74, 6) is 0. The van der Waals surface area contributed by atoms with Gasteiger partial charge in [0.1, 0.15) is 11.6 Å². The van der Waals surface area contributed by atoms with Gasteiger partial charge in [0.15, 0.2) is 0 Å². The van der Waals surface area contributed by atoms with E-state index in [9.17, 15) is 14.9 Å². The predicted octanol–water partition coefficient (Wildman–Crippen LogP) is 5.37. The Bertz CT molecular complexity index is 845. The monoisotopic (exact) mass is 446 g/mol. The van der Waals surface area contributed by atoms with Crippen LogP contribution in [0.15, 0.2) is 65.6 Å². The van der Waals surface area contributed by atoms with Crippen LogP contribution in [0.2, 0.25) is 0 Å². The number of amides is 1. The summed E-state index contributed by atoms with van der Waals surface area (Å²) in [5, 5.41) is 14.7. The van der Waals surface area contributed by atoms with E-state index in [2.05, 4.69) is 27.8 Å². The van der Waals surface area contributed by atoms with Gasteiger partial charge >= 0.3 is 6.09 Å². The standard InChI is InChI=1S/C21H23BrN2O4/c1-14(15-8-6-5-7-9-15)19(24(26)27)18(16-10-12-17(22)13-11-16)23-20(25)28-21(2,3)4/h5-13,18-19H,1H2,2-4H3,(H,23,25)/t18-,19+/m0/s1. The summed E-state index contributed by atoms with van der Waals surface area (Å²) in [6.07, 6.45) is -0.729.